The Bertz CT molecular complexity index is 600. The van der Waals surface area contributed by atoms with Gasteiger partial charge in [-0.25, -0.2) is 4.79 Å². The molecule has 176 valence electrons. The lowest BCUT2D eigenvalue weighted by Gasteiger charge is -2.09. The van der Waals surface area contributed by atoms with Gasteiger partial charge in [-0.1, -0.05) is 109 Å². The highest BCUT2D eigenvalue weighted by molar-refractivity contribution is 5.92. The van der Waals surface area contributed by atoms with Crippen molar-refractivity contribution in [3.63, 3.8) is 0 Å². The number of carboxylic acids is 1. The molecule has 0 saturated heterocycles. The van der Waals surface area contributed by atoms with Crippen molar-refractivity contribution in [3.05, 3.63) is 33.9 Å². The molecule has 0 fully saturated rings. The predicted molar refractivity (Wildman–Crippen MR) is 125 cm³/mol. The zero-order valence-corrected chi connectivity index (χ0v) is 19.3. The molecule has 0 aliphatic rings. The van der Waals surface area contributed by atoms with E-state index >= 15 is 0 Å². The number of ether oxygens (including phenoxy) is 1. The van der Waals surface area contributed by atoms with Crippen molar-refractivity contribution in [2.45, 2.75) is 110 Å². The number of carboxylic acid groups (broad SMARTS) is 1. The maximum atomic E-state index is 11.3. The first-order valence-corrected chi connectivity index (χ1v) is 12.2. The lowest BCUT2D eigenvalue weighted by atomic mass is 10.0. The van der Waals surface area contributed by atoms with E-state index in [4.69, 9.17) is 4.74 Å². The molecule has 1 rings (SSSR count). The fourth-order valence-corrected chi connectivity index (χ4v) is 3.81. The van der Waals surface area contributed by atoms with Gasteiger partial charge in [0.1, 0.15) is 5.56 Å². The van der Waals surface area contributed by atoms with E-state index < -0.39 is 10.9 Å². The molecular weight excluding hydrogens is 394 g/mol. The second-order valence-electron chi connectivity index (χ2n) is 8.37. The van der Waals surface area contributed by atoms with Gasteiger partial charge in [0.05, 0.1) is 11.5 Å². The van der Waals surface area contributed by atoms with Crippen LogP contribution in [0.25, 0.3) is 0 Å². The first-order chi connectivity index (χ1) is 15.1. The third kappa shape index (κ3) is 12.4. The van der Waals surface area contributed by atoms with Crippen molar-refractivity contribution in [2.24, 2.45) is 0 Å². The smallest absolute Gasteiger partial charge is 0.339 e. The topological polar surface area (TPSA) is 89.7 Å². The third-order valence-corrected chi connectivity index (χ3v) is 5.67. The number of carbonyl (C=O) groups is 1. The number of hydrogen-bond acceptors (Lipinski definition) is 4. The monoisotopic (exact) mass is 435 g/mol. The molecule has 0 aromatic heterocycles. The second-order valence-corrected chi connectivity index (χ2v) is 8.37. The van der Waals surface area contributed by atoms with Gasteiger partial charge in [0.15, 0.2) is 0 Å². The SMILES string of the molecule is CCCCCCCCCCCCCCCCCCOc1c(C(=O)O)cccc1[N+](=O)[O-]. The van der Waals surface area contributed by atoms with Gasteiger partial charge in [0.25, 0.3) is 0 Å². The van der Waals surface area contributed by atoms with Gasteiger partial charge in [-0.15, -0.1) is 0 Å². The van der Waals surface area contributed by atoms with Crippen LogP contribution >= 0.6 is 0 Å². The Balaban J connectivity index is 2.01. The first-order valence-electron chi connectivity index (χ1n) is 12.2. The maximum Gasteiger partial charge on any atom is 0.339 e. The van der Waals surface area contributed by atoms with E-state index in [1.54, 1.807) is 0 Å². The molecule has 1 aromatic carbocycles. The molecule has 31 heavy (non-hydrogen) atoms. The van der Waals surface area contributed by atoms with Crippen LogP contribution in [0.2, 0.25) is 0 Å². The molecule has 0 aliphatic heterocycles. The molecule has 1 N–H and O–H groups in total. The fourth-order valence-electron chi connectivity index (χ4n) is 3.81. The largest absolute Gasteiger partial charge is 0.486 e. The molecule has 0 amide bonds. The zero-order valence-electron chi connectivity index (χ0n) is 19.3. The summed E-state index contributed by atoms with van der Waals surface area (Å²) in [7, 11) is 0. The van der Waals surface area contributed by atoms with Crippen LogP contribution in [-0.2, 0) is 0 Å². The zero-order chi connectivity index (χ0) is 22.7. The lowest BCUT2D eigenvalue weighted by molar-refractivity contribution is -0.385. The summed E-state index contributed by atoms with van der Waals surface area (Å²) in [6.45, 7) is 2.55. The molecule has 0 heterocycles. The maximum absolute atomic E-state index is 11.3. The Hall–Kier alpha value is -2.11. The Kier molecular flexibility index (Phi) is 15.3. The number of nitrogens with zero attached hydrogens (tertiary/aromatic N) is 1. The summed E-state index contributed by atoms with van der Waals surface area (Å²) in [5, 5.41) is 20.3. The van der Waals surface area contributed by atoms with Gasteiger partial charge in [-0.2, -0.15) is 0 Å². The van der Waals surface area contributed by atoms with Gasteiger partial charge in [-0.05, 0) is 12.5 Å². The molecule has 0 spiro atoms. The number of hydrogen-bond donors (Lipinski definition) is 1. The van der Waals surface area contributed by atoms with Crippen molar-refractivity contribution >= 4 is 11.7 Å². The molecule has 0 bridgehead atoms. The summed E-state index contributed by atoms with van der Waals surface area (Å²) < 4.78 is 5.49. The van der Waals surface area contributed by atoms with Gasteiger partial charge >= 0.3 is 11.7 Å². The molecule has 0 saturated carbocycles. The summed E-state index contributed by atoms with van der Waals surface area (Å²) in [5.74, 6) is -1.35. The van der Waals surface area contributed by atoms with E-state index in [-0.39, 0.29) is 17.0 Å². The van der Waals surface area contributed by atoms with Crippen LogP contribution in [0.3, 0.4) is 0 Å². The molecule has 6 nitrogen and oxygen atoms in total. The number of para-hydroxylation sites is 1. The highest BCUT2D eigenvalue weighted by Crippen LogP contribution is 2.31. The number of rotatable bonds is 20. The first kappa shape index (κ1) is 26.9. The van der Waals surface area contributed by atoms with Crippen LogP contribution in [0.15, 0.2) is 18.2 Å². The van der Waals surface area contributed by atoms with Crippen molar-refractivity contribution in [2.75, 3.05) is 6.61 Å². The second kappa shape index (κ2) is 17.6. The Morgan fingerprint density at radius 2 is 1.29 bits per heavy atom. The van der Waals surface area contributed by atoms with Crippen LogP contribution in [0.1, 0.15) is 120 Å². The minimum absolute atomic E-state index is 0.138. The standard InChI is InChI=1S/C25H41NO5/c1-2-3-4-5-6-7-8-9-10-11-12-13-14-15-16-17-21-31-24-22(25(27)28)19-18-20-23(24)26(29)30/h18-20H,2-17,21H2,1H3,(H,27,28). The Morgan fingerprint density at radius 3 is 1.71 bits per heavy atom. The van der Waals surface area contributed by atoms with E-state index in [1.165, 1.54) is 102 Å². The van der Waals surface area contributed by atoms with Crippen molar-refractivity contribution in [1.82, 2.24) is 0 Å². The highest BCUT2D eigenvalue weighted by Gasteiger charge is 2.22. The third-order valence-electron chi connectivity index (χ3n) is 5.67. The van der Waals surface area contributed by atoms with Crippen LogP contribution in [-0.4, -0.2) is 22.6 Å². The van der Waals surface area contributed by atoms with Gasteiger partial charge < -0.3 is 9.84 Å². The summed E-state index contributed by atoms with van der Waals surface area (Å²) in [6.07, 6.45) is 20.4. The molecule has 0 radical (unpaired) electrons. The van der Waals surface area contributed by atoms with Crippen LogP contribution in [0.5, 0.6) is 5.75 Å². The van der Waals surface area contributed by atoms with Crippen LogP contribution < -0.4 is 4.74 Å². The van der Waals surface area contributed by atoms with Crippen LogP contribution in [0, 0.1) is 10.1 Å². The number of nitro groups is 1. The Morgan fingerprint density at radius 1 is 0.839 bits per heavy atom. The Labute approximate surface area is 187 Å². The quantitative estimate of drug-likeness (QED) is 0.127. The summed E-state index contributed by atoms with van der Waals surface area (Å²) >= 11 is 0. The molecular formula is C25H41NO5. The number of aromatic carboxylic acids is 1. The summed E-state index contributed by atoms with van der Waals surface area (Å²) in [5.41, 5.74) is -0.456. The van der Waals surface area contributed by atoms with Gasteiger partial charge in [0.2, 0.25) is 5.75 Å². The van der Waals surface area contributed by atoms with Gasteiger partial charge in [0, 0.05) is 6.07 Å². The minimum atomic E-state index is -1.22. The molecule has 0 atom stereocenters. The lowest BCUT2D eigenvalue weighted by Crippen LogP contribution is -2.07. The fraction of sp³-hybridized carbons (Fsp3) is 0.720. The van der Waals surface area contributed by atoms with Gasteiger partial charge in [-0.3, -0.25) is 10.1 Å². The molecule has 0 aliphatic carbocycles. The summed E-state index contributed by atoms with van der Waals surface area (Å²) in [6, 6.07) is 3.97. The highest BCUT2D eigenvalue weighted by atomic mass is 16.6. The van der Waals surface area contributed by atoms with E-state index in [9.17, 15) is 20.0 Å². The molecule has 1 aromatic rings. The van der Waals surface area contributed by atoms with Crippen molar-refractivity contribution in [1.29, 1.82) is 0 Å². The summed E-state index contributed by atoms with van der Waals surface area (Å²) in [4.78, 5) is 21.8. The van der Waals surface area contributed by atoms with Crippen molar-refractivity contribution in [3.8, 4) is 5.75 Å². The van der Waals surface area contributed by atoms with Crippen molar-refractivity contribution < 1.29 is 19.6 Å². The number of benzene rings is 1. The average molecular weight is 436 g/mol. The van der Waals surface area contributed by atoms with E-state index in [0.717, 1.165) is 19.3 Å². The number of nitro benzene ring substituents is 1. The molecule has 6 heteroatoms. The normalized spacial score (nSPS) is 10.9. The molecule has 0 unspecified atom stereocenters. The average Bonchev–Trinajstić information content (AvgIpc) is 2.75. The number of unbranched alkanes of at least 4 members (excludes halogenated alkanes) is 15. The predicted octanol–water partition coefficient (Wildman–Crippen LogP) is 7.93. The van der Waals surface area contributed by atoms with E-state index in [0.29, 0.717) is 6.61 Å². The van der Waals surface area contributed by atoms with Crippen LogP contribution in [0.4, 0.5) is 5.69 Å². The minimum Gasteiger partial charge on any atom is -0.486 e. The van der Waals surface area contributed by atoms with E-state index in [1.807, 2.05) is 0 Å². The van der Waals surface area contributed by atoms with E-state index in [2.05, 4.69) is 6.92 Å².